The third-order valence-corrected chi connectivity index (χ3v) is 12.4. The highest BCUT2D eigenvalue weighted by atomic mass is 32.1. The number of para-hydroxylation sites is 3. The lowest BCUT2D eigenvalue weighted by atomic mass is 9.96. The molecule has 4 heterocycles. The number of aromatic nitrogens is 5. The fourth-order valence-electron chi connectivity index (χ4n) is 8.58. The monoisotopic (exact) mass is 757 g/mol. The van der Waals surface area contributed by atoms with Crippen LogP contribution in [0.25, 0.3) is 115 Å². The van der Waals surface area contributed by atoms with Crippen molar-refractivity contribution in [1.29, 1.82) is 0 Å². The third-order valence-electron chi connectivity index (χ3n) is 11.2. The van der Waals surface area contributed by atoms with Gasteiger partial charge in [-0.15, -0.1) is 11.3 Å². The molecule has 8 aromatic carbocycles. The second-order valence-electron chi connectivity index (χ2n) is 14.6. The molecule has 270 valence electrons. The van der Waals surface area contributed by atoms with Crippen LogP contribution in [-0.2, 0) is 0 Å². The van der Waals surface area contributed by atoms with Gasteiger partial charge in [-0.05, 0) is 66.7 Å². The zero-order valence-electron chi connectivity index (χ0n) is 31.0. The minimum Gasteiger partial charge on any atom is -0.309 e. The smallest absolute Gasteiger partial charge is 0.164 e. The van der Waals surface area contributed by atoms with Gasteiger partial charge in [0.15, 0.2) is 17.5 Å². The highest BCUT2D eigenvalue weighted by Gasteiger charge is 2.20. The molecule has 0 aliphatic carbocycles. The average molecular weight is 758 g/mol. The van der Waals surface area contributed by atoms with Crippen LogP contribution in [0.3, 0.4) is 0 Å². The van der Waals surface area contributed by atoms with E-state index in [0.29, 0.717) is 17.5 Å². The molecule has 0 radical (unpaired) electrons. The van der Waals surface area contributed by atoms with Gasteiger partial charge in [-0.3, -0.25) is 0 Å². The Morgan fingerprint density at radius 2 is 0.914 bits per heavy atom. The average Bonchev–Trinajstić information content (AvgIpc) is 3.84. The summed E-state index contributed by atoms with van der Waals surface area (Å²) in [6, 6.07) is 66.0. The van der Waals surface area contributed by atoms with E-state index in [-0.39, 0.29) is 0 Å². The fraction of sp³-hybridized carbons (Fsp3) is 0. The van der Waals surface area contributed by atoms with Gasteiger partial charge in [0.2, 0.25) is 0 Å². The first-order valence-corrected chi connectivity index (χ1v) is 20.2. The summed E-state index contributed by atoms with van der Waals surface area (Å²) in [5.41, 5.74) is 9.30. The van der Waals surface area contributed by atoms with Crippen LogP contribution in [0, 0.1) is 0 Å². The van der Waals surface area contributed by atoms with E-state index in [2.05, 4.69) is 174 Å². The zero-order chi connectivity index (χ0) is 38.2. The number of pyridine rings is 1. The summed E-state index contributed by atoms with van der Waals surface area (Å²) < 4.78 is 4.78. The van der Waals surface area contributed by atoms with Gasteiger partial charge in [0.05, 0.1) is 22.2 Å². The summed E-state index contributed by atoms with van der Waals surface area (Å²) in [4.78, 5) is 20.8. The number of rotatable bonds is 5. The first kappa shape index (κ1) is 32.7. The Morgan fingerprint density at radius 1 is 0.345 bits per heavy atom. The molecule has 58 heavy (non-hydrogen) atoms. The molecule has 0 saturated carbocycles. The highest BCUT2D eigenvalue weighted by molar-refractivity contribution is 7.26. The van der Waals surface area contributed by atoms with Crippen molar-refractivity contribution < 1.29 is 0 Å². The van der Waals surface area contributed by atoms with Crippen molar-refractivity contribution >= 4 is 75.0 Å². The minimum atomic E-state index is 0.632. The van der Waals surface area contributed by atoms with Gasteiger partial charge in [-0.1, -0.05) is 121 Å². The molecule has 0 saturated heterocycles. The van der Waals surface area contributed by atoms with Crippen LogP contribution in [0.1, 0.15) is 0 Å². The van der Waals surface area contributed by atoms with Crippen molar-refractivity contribution in [2.24, 2.45) is 0 Å². The van der Waals surface area contributed by atoms with E-state index in [0.717, 1.165) is 66.3 Å². The molecule has 0 unspecified atom stereocenters. The van der Waals surface area contributed by atoms with Crippen molar-refractivity contribution in [3.63, 3.8) is 0 Å². The fourth-order valence-corrected chi connectivity index (χ4v) is 9.68. The normalized spacial score (nSPS) is 11.8. The predicted octanol–water partition coefficient (Wildman–Crippen LogP) is 13.7. The van der Waals surface area contributed by atoms with Crippen molar-refractivity contribution in [1.82, 2.24) is 24.5 Å². The number of thiophene rings is 1. The SMILES string of the molecule is c1ccc(-c2nc(-c3ccc4sc5ccc6c(-c7ccccc7)nc7ccccc7c6c5c4c3)nc(-c3ccc4c(c3)c3ccccc3n4-c3ccccc3)n2)cc1. The maximum absolute atomic E-state index is 5.25. The molecule has 5 nitrogen and oxygen atoms in total. The van der Waals surface area contributed by atoms with Gasteiger partial charge in [-0.25, -0.2) is 19.9 Å². The molecule has 12 aromatic rings. The molecular weight excluding hydrogens is 727 g/mol. The van der Waals surface area contributed by atoms with E-state index in [1.165, 1.54) is 30.9 Å². The third kappa shape index (κ3) is 5.16. The second-order valence-corrected chi connectivity index (χ2v) is 15.7. The molecule has 0 atom stereocenters. The van der Waals surface area contributed by atoms with Crippen molar-refractivity contribution in [2.45, 2.75) is 0 Å². The lowest BCUT2D eigenvalue weighted by molar-refractivity contribution is 1.07. The van der Waals surface area contributed by atoms with Crippen molar-refractivity contribution in [3.05, 3.63) is 188 Å². The Hall–Kier alpha value is -7.54. The lowest BCUT2D eigenvalue weighted by Crippen LogP contribution is -2.00. The van der Waals surface area contributed by atoms with Crippen LogP contribution in [0.15, 0.2) is 188 Å². The summed E-state index contributed by atoms with van der Waals surface area (Å²) in [7, 11) is 0. The van der Waals surface area contributed by atoms with Crippen molar-refractivity contribution in [3.8, 4) is 51.1 Å². The molecule has 12 rings (SSSR count). The molecule has 0 N–H and O–H groups in total. The Balaban J connectivity index is 1.09. The molecular formula is C52H31N5S. The van der Waals surface area contributed by atoms with Gasteiger partial charge in [-0.2, -0.15) is 0 Å². The van der Waals surface area contributed by atoms with E-state index in [1.807, 2.05) is 29.5 Å². The number of hydrogen-bond donors (Lipinski definition) is 0. The van der Waals surface area contributed by atoms with Gasteiger partial charge in [0.25, 0.3) is 0 Å². The van der Waals surface area contributed by atoms with Crippen LogP contribution in [0.2, 0.25) is 0 Å². The molecule has 4 aromatic heterocycles. The molecule has 0 fully saturated rings. The van der Waals surface area contributed by atoms with Crippen LogP contribution < -0.4 is 0 Å². The first-order chi connectivity index (χ1) is 28.7. The quantitative estimate of drug-likeness (QED) is 0.164. The predicted molar refractivity (Wildman–Crippen MR) is 242 cm³/mol. The Bertz CT molecular complexity index is 3560. The Kier molecular flexibility index (Phi) is 7.33. The molecule has 6 heteroatoms. The summed E-state index contributed by atoms with van der Waals surface area (Å²) in [5.74, 6) is 1.90. The largest absolute Gasteiger partial charge is 0.309 e. The summed E-state index contributed by atoms with van der Waals surface area (Å²) in [6.07, 6.45) is 0. The van der Waals surface area contributed by atoms with Gasteiger partial charge in [0.1, 0.15) is 0 Å². The Labute approximate surface area is 337 Å². The summed E-state index contributed by atoms with van der Waals surface area (Å²) in [6.45, 7) is 0. The van der Waals surface area contributed by atoms with Crippen LogP contribution in [-0.4, -0.2) is 24.5 Å². The molecule has 0 amide bonds. The molecule has 0 aliphatic rings. The number of hydrogen-bond acceptors (Lipinski definition) is 5. The lowest BCUT2D eigenvalue weighted by Gasteiger charge is -2.12. The molecule has 0 spiro atoms. The topological polar surface area (TPSA) is 56.5 Å². The van der Waals surface area contributed by atoms with Crippen molar-refractivity contribution in [2.75, 3.05) is 0 Å². The summed E-state index contributed by atoms with van der Waals surface area (Å²) >= 11 is 1.82. The maximum Gasteiger partial charge on any atom is 0.164 e. The number of fused-ring (bicyclic) bond motifs is 10. The van der Waals surface area contributed by atoms with Crippen LogP contribution >= 0.6 is 11.3 Å². The second kappa shape index (κ2) is 13.0. The van der Waals surface area contributed by atoms with Gasteiger partial charge in [0, 0.05) is 75.0 Å². The van der Waals surface area contributed by atoms with E-state index in [1.54, 1.807) is 0 Å². The number of nitrogens with zero attached hydrogens (tertiary/aromatic N) is 5. The Morgan fingerprint density at radius 3 is 1.67 bits per heavy atom. The van der Waals surface area contributed by atoms with E-state index >= 15 is 0 Å². The minimum absolute atomic E-state index is 0.632. The van der Waals surface area contributed by atoms with E-state index < -0.39 is 0 Å². The highest BCUT2D eigenvalue weighted by Crippen LogP contribution is 2.44. The summed E-state index contributed by atoms with van der Waals surface area (Å²) in [5, 5.41) is 8.24. The van der Waals surface area contributed by atoms with Gasteiger partial charge >= 0.3 is 0 Å². The standard InChI is InChI=1S/C52H31N5S/c1-4-14-32(15-5-1)49-39-26-29-46-48(47(39)38-21-10-12-22-42(38)53-49)41-31-35(25-28-45(41)58-46)52-55-50(33-16-6-2-7-17-33)54-51(56-52)34-24-27-44-40(30-34)37-20-11-13-23-43(37)57(44)36-18-8-3-9-19-36/h1-31H. The first-order valence-electron chi connectivity index (χ1n) is 19.4. The molecule has 0 aliphatic heterocycles. The van der Waals surface area contributed by atoms with Gasteiger partial charge < -0.3 is 4.57 Å². The van der Waals surface area contributed by atoms with Crippen LogP contribution in [0.4, 0.5) is 0 Å². The van der Waals surface area contributed by atoms with E-state index in [9.17, 15) is 0 Å². The molecule has 0 bridgehead atoms. The van der Waals surface area contributed by atoms with Crippen LogP contribution in [0.5, 0.6) is 0 Å². The van der Waals surface area contributed by atoms with E-state index in [4.69, 9.17) is 19.9 Å². The zero-order valence-corrected chi connectivity index (χ0v) is 31.9. The number of benzene rings is 8. The maximum atomic E-state index is 5.25.